The maximum atomic E-state index is 11.6. The van der Waals surface area contributed by atoms with Crippen LogP contribution in [0.15, 0.2) is 0 Å². The summed E-state index contributed by atoms with van der Waals surface area (Å²) < 4.78 is 22.6. The van der Waals surface area contributed by atoms with Gasteiger partial charge < -0.3 is 16.4 Å². The first kappa shape index (κ1) is 17.1. The van der Waals surface area contributed by atoms with E-state index in [4.69, 9.17) is 11.0 Å². The Morgan fingerprint density at radius 2 is 2.26 bits per heavy atom. The van der Waals surface area contributed by atoms with Gasteiger partial charge in [0, 0.05) is 13.1 Å². The van der Waals surface area contributed by atoms with Gasteiger partial charge in [-0.25, -0.2) is 13.2 Å². The van der Waals surface area contributed by atoms with Crippen molar-refractivity contribution in [3.63, 3.8) is 0 Å². The summed E-state index contributed by atoms with van der Waals surface area (Å²) in [5.74, 6) is 0.526. The quantitative estimate of drug-likeness (QED) is 0.513. The summed E-state index contributed by atoms with van der Waals surface area (Å²) in [6.45, 7) is 0.791. The molecule has 0 aromatic carbocycles. The Morgan fingerprint density at radius 3 is 2.91 bits per heavy atom. The fourth-order valence-corrected chi connectivity index (χ4v) is 4.36. The van der Waals surface area contributed by atoms with Crippen LogP contribution in [0.1, 0.15) is 24.1 Å². The summed E-state index contributed by atoms with van der Waals surface area (Å²) in [5.41, 5.74) is 6.54. The highest BCUT2D eigenvalue weighted by atomic mass is 32.2. The fourth-order valence-electron chi connectivity index (χ4n) is 2.50. The van der Waals surface area contributed by atoms with E-state index in [9.17, 15) is 13.2 Å². The zero-order chi connectivity index (χ0) is 16.9. The number of sulfone groups is 1. The second kappa shape index (κ2) is 7.32. The molecule has 126 valence electrons. The molecule has 1 aromatic heterocycles. The molecule has 10 heteroatoms. The number of H-pyrrole nitrogens is 1. The van der Waals surface area contributed by atoms with E-state index in [0.29, 0.717) is 43.6 Å². The standard InChI is InChI=1S/C13H20N6O3S/c14-6-10-11(18-19-12(10)15)2-1-4-16-13(20)17-7-9-3-5-23(21,22)8-9/h9H,1-5,7-8H2,(H3,15,18,19)(H2,16,17,20)/t9-/m0/s1. The maximum Gasteiger partial charge on any atom is 0.314 e. The number of nitrogens with zero attached hydrogens (tertiary/aromatic N) is 2. The Bertz CT molecular complexity index is 706. The molecule has 5 N–H and O–H groups in total. The van der Waals surface area contributed by atoms with Crippen LogP contribution in [0, 0.1) is 17.2 Å². The van der Waals surface area contributed by atoms with Gasteiger partial charge in [0.15, 0.2) is 15.7 Å². The smallest absolute Gasteiger partial charge is 0.314 e. The summed E-state index contributed by atoms with van der Waals surface area (Å²) in [6.07, 6.45) is 1.77. The number of carbonyl (C=O) groups is 1. The van der Waals surface area contributed by atoms with Crippen LogP contribution in [0.2, 0.25) is 0 Å². The van der Waals surface area contributed by atoms with Crippen LogP contribution in [0.25, 0.3) is 0 Å². The molecule has 9 nitrogen and oxygen atoms in total. The molecule has 1 aliphatic heterocycles. The molecule has 2 rings (SSSR count). The largest absolute Gasteiger partial charge is 0.381 e. The predicted molar refractivity (Wildman–Crippen MR) is 84.2 cm³/mol. The number of nitrogens with one attached hydrogen (secondary N) is 3. The van der Waals surface area contributed by atoms with Crippen molar-refractivity contribution in [3.05, 3.63) is 11.3 Å². The number of nitrogens with two attached hydrogens (primary N) is 1. The number of nitriles is 1. The number of aryl methyl sites for hydroxylation is 1. The molecule has 1 aromatic rings. The number of hydrogen-bond acceptors (Lipinski definition) is 6. The average molecular weight is 340 g/mol. The number of aromatic nitrogens is 2. The summed E-state index contributed by atoms with van der Waals surface area (Å²) in [7, 11) is -2.92. The molecule has 0 bridgehead atoms. The molecular weight excluding hydrogens is 320 g/mol. The minimum absolute atomic E-state index is 0.00287. The molecule has 2 amide bonds. The van der Waals surface area contributed by atoms with Gasteiger partial charge in [-0.2, -0.15) is 10.4 Å². The zero-order valence-electron chi connectivity index (χ0n) is 12.6. The lowest BCUT2D eigenvalue weighted by atomic mass is 10.1. The molecule has 0 saturated carbocycles. The lowest BCUT2D eigenvalue weighted by Crippen LogP contribution is -2.39. The van der Waals surface area contributed by atoms with Gasteiger partial charge in [-0.3, -0.25) is 5.10 Å². The predicted octanol–water partition coefficient (Wildman–Crippen LogP) is -0.470. The number of nitrogen functional groups attached to an aromatic ring is 1. The highest BCUT2D eigenvalue weighted by molar-refractivity contribution is 7.91. The molecule has 23 heavy (non-hydrogen) atoms. The van der Waals surface area contributed by atoms with Gasteiger partial charge >= 0.3 is 6.03 Å². The number of hydrogen-bond donors (Lipinski definition) is 4. The molecule has 0 unspecified atom stereocenters. The third-order valence-electron chi connectivity index (χ3n) is 3.75. The maximum absolute atomic E-state index is 11.6. The molecule has 2 heterocycles. The highest BCUT2D eigenvalue weighted by Crippen LogP contribution is 2.17. The van der Waals surface area contributed by atoms with Crippen LogP contribution in [-0.2, 0) is 16.3 Å². The molecule has 1 saturated heterocycles. The average Bonchev–Trinajstić information content (AvgIpc) is 3.03. The summed E-state index contributed by atoms with van der Waals surface area (Å²) in [5, 5.41) is 20.8. The summed E-state index contributed by atoms with van der Waals surface area (Å²) in [6, 6.07) is 1.66. The number of amides is 2. The topological polar surface area (TPSA) is 154 Å². The number of urea groups is 1. The molecule has 0 aliphatic carbocycles. The first-order valence-electron chi connectivity index (χ1n) is 7.36. The molecule has 0 spiro atoms. The van der Waals surface area contributed by atoms with Crippen LogP contribution < -0.4 is 16.4 Å². The Labute approximate surface area is 134 Å². The third kappa shape index (κ3) is 4.85. The first-order valence-corrected chi connectivity index (χ1v) is 9.18. The van der Waals surface area contributed by atoms with Crippen molar-refractivity contribution in [2.75, 3.05) is 30.3 Å². The van der Waals surface area contributed by atoms with Crippen LogP contribution in [0.4, 0.5) is 10.6 Å². The van der Waals surface area contributed by atoms with E-state index in [2.05, 4.69) is 20.8 Å². The lowest BCUT2D eigenvalue weighted by Gasteiger charge is -2.10. The van der Waals surface area contributed by atoms with Crippen LogP contribution >= 0.6 is 0 Å². The van der Waals surface area contributed by atoms with Gasteiger partial charge in [0.1, 0.15) is 11.6 Å². The fraction of sp³-hybridized carbons (Fsp3) is 0.615. The lowest BCUT2D eigenvalue weighted by molar-refractivity contribution is 0.239. The first-order chi connectivity index (χ1) is 10.9. The van der Waals surface area contributed by atoms with Gasteiger partial charge in [0.05, 0.1) is 17.2 Å². The van der Waals surface area contributed by atoms with Crippen molar-refractivity contribution in [3.8, 4) is 6.07 Å². The molecule has 1 fully saturated rings. The molecular formula is C13H20N6O3S. The van der Waals surface area contributed by atoms with Gasteiger partial charge in [0.2, 0.25) is 0 Å². The van der Waals surface area contributed by atoms with Gasteiger partial charge in [-0.05, 0) is 25.2 Å². The molecule has 0 radical (unpaired) electrons. The van der Waals surface area contributed by atoms with E-state index in [1.54, 1.807) is 0 Å². The number of rotatable bonds is 6. The van der Waals surface area contributed by atoms with Crippen molar-refractivity contribution in [2.24, 2.45) is 5.92 Å². The normalized spacial score (nSPS) is 19.2. The van der Waals surface area contributed by atoms with Gasteiger partial charge in [0.25, 0.3) is 0 Å². The number of carbonyl (C=O) groups excluding carboxylic acids is 1. The van der Waals surface area contributed by atoms with Crippen LogP contribution in [-0.4, -0.2) is 49.2 Å². The van der Waals surface area contributed by atoms with Crippen molar-refractivity contribution in [2.45, 2.75) is 19.3 Å². The highest BCUT2D eigenvalue weighted by Gasteiger charge is 2.27. The van der Waals surface area contributed by atoms with E-state index in [0.717, 1.165) is 0 Å². The summed E-state index contributed by atoms with van der Waals surface area (Å²) >= 11 is 0. The van der Waals surface area contributed by atoms with E-state index in [1.807, 2.05) is 6.07 Å². The van der Waals surface area contributed by atoms with Crippen molar-refractivity contribution in [1.82, 2.24) is 20.8 Å². The van der Waals surface area contributed by atoms with Crippen molar-refractivity contribution >= 4 is 21.7 Å². The van der Waals surface area contributed by atoms with Crippen molar-refractivity contribution in [1.29, 1.82) is 5.26 Å². The monoisotopic (exact) mass is 340 g/mol. The van der Waals surface area contributed by atoms with Gasteiger partial charge in [-0.1, -0.05) is 0 Å². The third-order valence-corrected chi connectivity index (χ3v) is 5.59. The molecule has 1 atom stereocenters. The van der Waals surface area contributed by atoms with Gasteiger partial charge in [-0.15, -0.1) is 0 Å². The number of aromatic amines is 1. The molecule has 1 aliphatic rings. The van der Waals surface area contributed by atoms with E-state index >= 15 is 0 Å². The zero-order valence-corrected chi connectivity index (χ0v) is 13.4. The number of anilines is 1. The summed E-state index contributed by atoms with van der Waals surface area (Å²) in [4.78, 5) is 11.6. The Balaban J connectivity index is 1.63. The second-order valence-electron chi connectivity index (χ2n) is 5.58. The Kier molecular flexibility index (Phi) is 5.44. The van der Waals surface area contributed by atoms with E-state index < -0.39 is 9.84 Å². The minimum Gasteiger partial charge on any atom is -0.381 e. The minimum atomic E-state index is -2.92. The van der Waals surface area contributed by atoms with Crippen LogP contribution in [0.3, 0.4) is 0 Å². The Hall–Kier alpha value is -2.28. The SMILES string of the molecule is N#Cc1c(N)n[nH]c1CCCNC(=O)NC[C@@H]1CCS(=O)(=O)C1. The van der Waals surface area contributed by atoms with E-state index in [-0.39, 0.29) is 29.3 Å². The van der Waals surface area contributed by atoms with Crippen molar-refractivity contribution < 1.29 is 13.2 Å². The van der Waals surface area contributed by atoms with E-state index in [1.165, 1.54) is 0 Å². The van der Waals surface area contributed by atoms with Crippen LogP contribution in [0.5, 0.6) is 0 Å². The second-order valence-corrected chi connectivity index (χ2v) is 7.81. The Morgan fingerprint density at radius 1 is 1.48 bits per heavy atom.